The Bertz CT molecular complexity index is 936. The van der Waals surface area contributed by atoms with Crippen LogP contribution in [0.3, 0.4) is 0 Å². The van der Waals surface area contributed by atoms with Crippen molar-refractivity contribution in [3.8, 4) is 0 Å². The second-order valence-corrected chi connectivity index (χ2v) is 5.58. The number of aryl methyl sites for hydroxylation is 1. The Hall–Kier alpha value is -3.28. The van der Waals surface area contributed by atoms with Crippen LogP contribution in [0, 0.1) is 6.92 Å². The van der Waals surface area contributed by atoms with Crippen molar-refractivity contribution in [2.24, 2.45) is 0 Å². The molecule has 0 aliphatic rings. The van der Waals surface area contributed by atoms with Crippen LogP contribution in [0.5, 0.6) is 0 Å². The van der Waals surface area contributed by atoms with Crippen molar-refractivity contribution in [2.45, 2.75) is 20.5 Å². The predicted molar refractivity (Wildman–Crippen MR) is 94.1 cm³/mol. The van der Waals surface area contributed by atoms with Gasteiger partial charge in [0.15, 0.2) is 0 Å². The molecule has 6 nitrogen and oxygen atoms in total. The molecular formula is C19H17N3O3. The van der Waals surface area contributed by atoms with Crippen molar-refractivity contribution >= 4 is 28.6 Å². The van der Waals surface area contributed by atoms with E-state index in [0.717, 1.165) is 16.7 Å². The molecule has 1 heterocycles. The quantitative estimate of drug-likeness (QED) is 0.740. The molecule has 0 aliphatic carbocycles. The molecule has 0 fully saturated rings. The Kier molecular flexibility index (Phi) is 4.70. The van der Waals surface area contributed by atoms with Crippen molar-refractivity contribution in [1.82, 2.24) is 9.97 Å². The second kappa shape index (κ2) is 7.09. The van der Waals surface area contributed by atoms with Crippen molar-refractivity contribution in [3.63, 3.8) is 0 Å². The summed E-state index contributed by atoms with van der Waals surface area (Å²) in [5, 5.41) is 2.64. The monoisotopic (exact) mass is 335 g/mol. The minimum Gasteiger partial charge on any atom is -0.456 e. The van der Waals surface area contributed by atoms with Crippen LogP contribution in [0.1, 0.15) is 28.7 Å². The number of carbonyl (C=O) groups excluding carboxylic acids is 2. The number of rotatable bonds is 4. The third-order valence-corrected chi connectivity index (χ3v) is 3.62. The van der Waals surface area contributed by atoms with Crippen molar-refractivity contribution in [2.75, 3.05) is 5.32 Å². The molecule has 1 N–H and O–H groups in total. The molecule has 0 saturated carbocycles. The number of ether oxygens (including phenoxy) is 1. The van der Waals surface area contributed by atoms with Crippen LogP contribution in [0.15, 0.2) is 48.5 Å². The van der Waals surface area contributed by atoms with Crippen molar-refractivity contribution in [1.29, 1.82) is 0 Å². The van der Waals surface area contributed by atoms with Gasteiger partial charge in [0.1, 0.15) is 6.61 Å². The SMILES string of the molecule is CC(=O)Nc1ccc(C(=O)OCc2nc3ccccc3nc2C)cc1. The Labute approximate surface area is 144 Å². The molecule has 1 amide bonds. The molecule has 25 heavy (non-hydrogen) atoms. The topological polar surface area (TPSA) is 81.2 Å². The fraction of sp³-hybridized carbons (Fsp3) is 0.158. The lowest BCUT2D eigenvalue weighted by molar-refractivity contribution is -0.114. The molecule has 1 aromatic heterocycles. The fourth-order valence-electron chi connectivity index (χ4n) is 2.37. The molecule has 0 unspecified atom stereocenters. The molecule has 0 radical (unpaired) electrons. The molecular weight excluding hydrogens is 318 g/mol. The van der Waals surface area contributed by atoms with E-state index in [2.05, 4.69) is 15.3 Å². The number of hydrogen-bond donors (Lipinski definition) is 1. The van der Waals surface area contributed by atoms with Crippen LogP contribution < -0.4 is 5.32 Å². The summed E-state index contributed by atoms with van der Waals surface area (Å²) in [6.45, 7) is 3.32. The van der Waals surface area contributed by atoms with E-state index in [4.69, 9.17) is 4.74 Å². The summed E-state index contributed by atoms with van der Waals surface area (Å²) in [5.41, 5.74) is 3.96. The summed E-state index contributed by atoms with van der Waals surface area (Å²) in [6, 6.07) is 14.1. The van der Waals surface area contributed by atoms with E-state index < -0.39 is 5.97 Å². The van der Waals surface area contributed by atoms with Crippen LogP contribution in [0.2, 0.25) is 0 Å². The summed E-state index contributed by atoms with van der Waals surface area (Å²) < 4.78 is 5.34. The predicted octanol–water partition coefficient (Wildman–Crippen LogP) is 3.25. The average Bonchev–Trinajstić information content (AvgIpc) is 2.59. The Morgan fingerprint density at radius 1 is 1.00 bits per heavy atom. The minimum absolute atomic E-state index is 0.0515. The number of esters is 1. The fourth-order valence-corrected chi connectivity index (χ4v) is 2.37. The normalized spacial score (nSPS) is 10.5. The lowest BCUT2D eigenvalue weighted by Crippen LogP contribution is -2.09. The van der Waals surface area contributed by atoms with Gasteiger partial charge < -0.3 is 10.1 Å². The highest BCUT2D eigenvalue weighted by molar-refractivity contribution is 5.92. The van der Waals surface area contributed by atoms with Gasteiger partial charge in [-0.15, -0.1) is 0 Å². The van der Waals surface area contributed by atoms with Crippen LogP contribution in [0.4, 0.5) is 5.69 Å². The molecule has 0 saturated heterocycles. The van der Waals surface area contributed by atoms with Gasteiger partial charge in [0.2, 0.25) is 5.91 Å². The van der Waals surface area contributed by atoms with E-state index in [-0.39, 0.29) is 12.5 Å². The maximum atomic E-state index is 12.2. The van der Waals surface area contributed by atoms with Gasteiger partial charge in [-0.1, -0.05) is 12.1 Å². The number of hydrogen-bond acceptors (Lipinski definition) is 5. The molecule has 0 atom stereocenters. The van der Waals surface area contributed by atoms with Gasteiger partial charge in [-0.2, -0.15) is 0 Å². The lowest BCUT2D eigenvalue weighted by Gasteiger charge is -2.08. The number of amides is 1. The van der Waals surface area contributed by atoms with E-state index >= 15 is 0 Å². The number of para-hydroxylation sites is 2. The van der Waals surface area contributed by atoms with Gasteiger partial charge in [-0.05, 0) is 43.3 Å². The van der Waals surface area contributed by atoms with E-state index in [9.17, 15) is 9.59 Å². The Morgan fingerprint density at radius 2 is 1.64 bits per heavy atom. The minimum atomic E-state index is -0.455. The van der Waals surface area contributed by atoms with Gasteiger partial charge >= 0.3 is 5.97 Å². The summed E-state index contributed by atoms with van der Waals surface area (Å²) in [4.78, 5) is 32.1. The number of nitrogens with one attached hydrogen (secondary N) is 1. The largest absolute Gasteiger partial charge is 0.456 e. The zero-order valence-corrected chi connectivity index (χ0v) is 13.9. The third-order valence-electron chi connectivity index (χ3n) is 3.62. The smallest absolute Gasteiger partial charge is 0.338 e. The Morgan fingerprint density at radius 3 is 2.28 bits per heavy atom. The van der Waals surface area contributed by atoms with E-state index in [1.165, 1.54) is 6.92 Å². The van der Waals surface area contributed by atoms with Crippen LogP contribution >= 0.6 is 0 Å². The molecule has 0 aliphatic heterocycles. The van der Waals surface area contributed by atoms with Crippen LogP contribution in [0.25, 0.3) is 11.0 Å². The highest BCUT2D eigenvalue weighted by atomic mass is 16.5. The molecule has 6 heteroatoms. The zero-order chi connectivity index (χ0) is 17.8. The summed E-state index contributed by atoms with van der Waals surface area (Å²) in [6.07, 6.45) is 0. The maximum Gasteiger partial charge on any atom is 0.338 e. The Balaban J connectivity index is 1.69. The number of aromatic nitrogens is 2. The summed E-state index contributed by atoms with van der Waals surface area (Å²) in [5.74, 6) is -0.621. The van der Waals surface area contributed by atoms with Gasteiger partial charge in [0.05, 0.1) is 28.0 Å². The molecule has 0 spiro atoms. The van der Waals surface area contributed by atoms with Gasteiger partial charge in [-0.25, -0.2) is 14.8 Å². The average molecular weight is 335 g/mol. The molecule has 3 rings (SSSR count). The lowest BCUT2D eigenvalue weighted by atomic mass is 10.2. The summed E-state index contributed by atoms with van der Waals surface area (Å²) >= 11 is 0. The third kappa shape index (κ3) is 3.98. The second-order valence-electron chi connectivity index (χ2n) is 5.58. The maximum absolute atomic E-state index is 12.2. The number of anilines is 1. The molecule has 0 bridgehead atoms. The van der Waals surface area contributed by atoms with Crippen LogP contribution in [-0.4, -0.2) is 21.8 Å². The first-order chi connectivity index (χ1) is 12.0. The standard InChI is InChI=1S/C19H17N3O3/c1-12-18(22-17-6-4-3-5-16(17)20-12)11-25-19(24)14-7-9-15(10-8-14)21-13(2)23/h3-10H,11H2,1-2H3,(H,21,23). The van der Waals surface area contributed by atoms with Crippen molar-refractivity contribution < 1.29 is 14.3 Å². The van der Waals surface area contributed by atoms with Gasteiger partial charge in [-0.3, -0.25) is 4.79 Å². The molecule has 3 aromatic rings. The molecule has 2 aromatic carbocycles. The first kappa shape index (κ1) is 16.6. The number of carbonyl (C=O) groups is 2. The summed E-state index contributed by atoms with van der Waals surface area (Å²) in [7, 11) is 0. The van der Waals surface area contributed by atoms with E-state index in [0.29, 0.717) is 16.9 Å². The van der Waals surface area contributed by atoms with E-state index in [1.807, 2.05) is 31.2 Å². The first-order valence-electron chi connectivity index (χ1n) is 7.80. The van der Waals surface area contributed by atoms with Crippen LogP contribution in [-0.2, 0) is 16.1 Å². The highest BCUT2D eigenvalue weighted by Gasteiger charge is 2.11. The van der Waals surface area contributed by atoms with Gasteiger partial charge in [0.25, 0.3) is 0 Å². The van der Waals surface area contributed by atoms with Gasteiger partial charge in [0, 0.05) is 12.6 Å². The van der Waals surface area contributed by atoms with E-state index in [1.54, 1.807) is 24.3 Å². The highest BCUT2D eigenvalue weighted by Crippen LogP contribution is 2.15. The first-order valence-corrected chi connectivity index (χ1v) is 7.80. The number of benzene rings is 2. The van der Waals surface area contributed by atoms with Crippen molar-refractivity contribution in [3.05, 3.63) is 65.5 Å². The number of nitrogens with zero attached hydrogens (tertiary/aromatic N) is 2. The zero-order valence-electron chi connectivity index (χ0n) is 13.9. The molecule has 126 valence electrons. The number of fused-ring (bicyclic) bond motifs is 1.